The molecule has 1 aromatic carbocycles. The van der Waals surface area contributed by atoms with Crippen LogP contribution in [0.25, 0.3) is 0 Å². The molecule has 0 bridgehead atoms. The van der Waals surface area contributed by atoms with Gasteiger partial charge in [-0.15, -0.1) is 0 Å². The van der Waals surface area contributed by atoms with Gasteiger partial charge in [-0.1, -0.05) is 0 Å². The van der Waals surface area contributed by atoms with Crippen LogP contribution in [0.2, 0.25) is 0 Å². The van der Waals surface area contributed by atoms with E-state index >= 15 is 0 Å². The molecule has 0 aliphatic rings. The standard InChI is InChI=1S/C6H3F3O3S.Na/c7-3-1-4(8)6(5(9)2-3)13(10,11)12;/h1-2H,(H,10,11,12);/q;+1/p-1. The van der Waals surface area contributed by atoms with Crippen LogP contribution in [0.1, 0.15) is 0 Å². The van der Waals surface area contributed by atoms with Gasteiger partial charge >= 0.3 is 29.6 Å². The van der Waals surface area contributed by atoms with Crippen molar-refractivity contribution >= 4 is 10.1 Å². The average molecular weight is 234 g/mol. The van der Waals surface area contributed by atoms with E-state index in [-0.39, 0.29) is 41.7 Å². The van der Waals surface area contributed by atoms with Crippen molar-refractivity contribution < 1.29 is 55.7 Å². The molecule has 0 saturated heterocycles. The summed E-state index contributed by atoms with van der Waals surface area (Å²) in [5, 5.41) is 0. The Morgan fingerprint density at radius 2 is 1.43 bits per heavy atom. The van der Waals surface area contributed by atoms with Crippen molar-refractivity contribution in [3.63, 3.8) is 0 Å². The van der Waals surface area contributed by atoms with Crippen molar-refractivity contribution in [2.45, 2.75) is 4.90 Å². The largest absolute Gasteiger partial charge is 1.00 e. The molecular weight excluding hydrogens is 232 g/mol. The summed E-state index contributed by atoms with van der Waals surface area (Å²) in [5.41, 5.74) is 0. The Labute approximate surface area is 100.0 Å². The Kier molecular flexibility index (Phi) is 4.60. The summed E-state index contributed by atoms with van der Waals surface area (Å²) in [4.78, 5) is -1.66. The van der Waals surface area contributed by atoms with Gasteiger partial charge in [0.15, 0.2) is 0 Å². The minimum absolute atomic E-state index is 0. The van der Waals surface area contributed by atoms with E-state index in [1.54, 1.807) is 0 Å². The van der Waals surface area contributed by atoms with Gasteiger partial charge in [0.25, 0.3) is 0 Å². The zero-order valence-electron chi connectivity index (χ0n) is 6.92. The fourth-order valence-corrected chi connectivity index (χ4v) is 1.36. The molecule has 0 amide bonds. The Hall–Kier alpha value is -0.0800. The molecule has 0 heterocycles. The average Bonchev–Trinajstić information content (AvgIpc) is 1.78. The number of benzene rings is 1. The molecule has 3 nitrogen and oxygen atoms in total. The van der Waals surface area contributed by atoms with Gasteiger partial charge in [0.1, 0.15) is 32.5 Å². The summed E-state index contributed by atoms with van der Waals surface area (Å²) < 4.78 is 68.0. The van der Waals surface area contributed by atoms with Gasteiger partial charge < -0.3 is 4.55 Å². The first-order chi connectivity index (χ1) is 5.82. The number of halogens is 3. The maximum atomic E-state index is 12.5. The molecule has 0 radical (unpaired) electrons. The molecule has 0 aliphatic heterocycles. The molecule has 0 atom stereocenters. The first-order valence-electron chi connectivity index (χ1n) is 2.93. The molecule has 0 saturated carbocycles. The van der Waals surface area contributed by atoms with E-state index in [2.05, 4.69) is 0 Å². The van der Waals surface area contributed by atoms with Gasteiger partial charge in [-0.2, -0.15) is 0 Å². The fourth-order valence-electron chi connectivity index (χ4n) is 0.768. The van der Waals surface area contributed by atoms with Crippen LogP contribution in [-0.4, -0.2) is 13.0 Å². The monoisotopic (exact) mass is 234 g/mol. The normalized spacial score (nSPS) is 10.9. The zero-order chi connectivity index (χ0) is 10.2. The van der Waals surface area contributed by atoms with Crippen molar-refractivity contribution in [3.8, 4) is 0 Å². The first kappa shape index (κ1) is 13.9. The fraction of sp³-hybridized carbons (Fsp3) is 0. The Balaban J connectivity index is 0.00000169. The van der Waals surface area contributed by atoms with Crippen molar-refractivity contribution in [3.05, 3.63) is 29.6 Å². The Morgan fingerprint density at radius 1 is 1.07 bits per heavy atom. The number of hydrogen-bond acceptors (Lipinski definition) is 3. The van der Waals surface area contributed by atoms with E-state index in [0.29, 0.717) is 0 Å². The molecule has 1 rings (SSSR count). The molecule has 8 heteroatoms. The summed E-state index contributed by atoms with van der Waals surface area (Å²) in [5.74, 6) is -4.75. The first-order valence-corrected chi connectivity index (χ1v) is 4.33. The molecule has 14 heavy (non-hydrogen) atoms. The van der Waals surface area contributed by atoms with E-state index in [0.717, 1.165) is 0 Å². The minimum atomic E-state index is -5.25. The Bertz CT molecular complexity index is 423. The van der Waals surface area contributed by atoms with Crippen molar-refractivity contribution in [2.75, 3.05) is 0 Å². The van der Waals surface area contributed by atoms with Gasteiger partial charge in [-0.25, -0.2) is 21.6 Å². The zero-order valence-corrected chi connectivity index (χ0v) is 9.74. The van der Waals surface area contributed by atoms with Gasteiger partial charge in [-0.3, -0.25) is 0 Å². The molecule has 0 aliphatic carbocycles. The van der Waals surface area contributed by atoms with E-state index in [1.165, 1.54) is 0 Å². The van der Waals surface area contributed by atoms with Crippen LogP contribution in [0, 0.1) is 17.5 Å². The smallest absolute Gasteiger partial charge is 0.744 e. The predicted octanol–water partition coefficient (Wildman–Crippen LogP) is -1.99. The van der Waals surface area contributed by atoms with Crippen LogP contribution in [-0.2, 0) is 10.1 Å². The van der Waals surface area contributed by atoms with Crippen molar-refractivity contribution in [1.82, 2.24) is 0 Å². The Morgan fingerprint density at radius 3 is 1.71 bits per heavy atom. The van der Waals surface area contributed by atoms with Crippen LogP contribution in [0.3, 0.4) is 0 Å². The van der Waals surface area contributed by atoms with Crippen LogP contribution in [0.4, 0.5) is 13.2 Å². The van der Waals surface area contributed by atoms with Crippen LogP contribution in [0.15, 0.2) is 17.0 Å². The summed E-state index contributed by atoms with van der Waals surface area (Å²) in [7, 11) is -5.25. The topological polar surface area (TPSA) is 57.2 Å². The van der Waals surface area contributed by atoms with E-state index in [9.17, 15) is 26.1 Å². The SMILES string of the molecule is O=S(=O)([O-])c1c(F)cc(F)cc1F.[Na+]. The van der Waals surface area contributed by atoms with Crippen LogP contribution >= 0.6 is 0 Å². The van der Waals surface area contributed by atoms with Gasteiger partial charge in [0, 0.05) is 12.1 Å². The molecule has 0 N–H and O–H groups in total. The minimum Gasteiger partial charge on any atom is -0.744 e. The molecule has 0 fully saturated rings. The molecule has 1 aromatic rings. The van der Waals surface area contributed by atoms with Crippen molar-refractivity contribution in [2.24, 2.45) is 0 Å². The molecule has 0 unspecified atom stereocenters. The van der Waals surface area contributed by atoms with Gasteiger partial charge in [0.2, 0.25) is 0 Å². The third-order valence-electron chi connectivity index (χ3n) is 1.21. The summed E-state index contributed by atoms with van der Waals surface area (Å²) >= 11 is 0. The molecular formula is C6H2F3NaO3S. The summed E-state index contributed by atoms with van der Waals surface area (Å²) in [6, 6.07) is 0.238. The molecule has 0 spiro atoms. The van der Waals surface area contributed by atoms with E-state index in [4.69, 9.17) is 0 Å². The van der Waals surface area contributed by atoms with Crippen LogP contribution < -0.4 is 29.6 Å². The van der Waals surface area contributed by atoms with Gasteiger partial charge in [0.05, 0.1) is 0 Å². The molecule has 0 aromatic heterocycles. The number of hydrogen-bond donors (Lipinski definition) is 0. The summed E-state index contributed by atoms with van der Waals surface area (Å²) in [6.07, 6.45) is 0. The number of rotatable bonds is 1. The maximum absolute atomic E-state index is 12.5. The van der Waals surface area contributed by atoms with E-state index in [1.807, 2.05) is 0 Å². The predicted molar refractivity (Wildman–Crippen MR) is 34.3 cm³/mol. The van der Waals surface area contributed by atoms with Crippen LogP contribution in [0.5, 0.6) is 0 Å². The van der Waals surface area contributed by atoms with Crippen molar-refractivity contribution in [1.29, 1.82) is 0 Å². The molecule has 72 valence electrons. The summed E-state index contributed by atoms with van der Waals surface area (Å²) in [6.45, 7) is 0. The maximum Gasteiger partial charge on any atom is 1.00 e. The third kappa shape index (κ3) is 2.96. The van der Waals surface area contributed by atoms with E-state index < -0.39 is 32.5 Å². The third-order valence-corrected chi connectivity index (χ3v) is 2.10. The quantitative estimate of drug-likeness (QED) is 0.417. The van der Waals surface area contributed by atoms with Gasteiger partial charge in [-0.05, 0) is 0 Å². The second-order valence-corrected chi connectivity index (χ2v) is 3.47. The second kappa shape index (κ2) is 4.63. The second-order valence-electron chi connectivity index (χ2n) is 2.15.